The molecule has 0 amide bonds. The van der Waals surface area contributed by atoms with Gasteiger partial charge in [0.05, 0.1) is 6.61 Å². The number of benzene rings is 1. The highest BCUT2D eigenvalue weighted by Gasteiger charge is 2.40. The van der Waals surface area contributed by atoms with Gasteiger partial charge in [-0.1, -0.05) is 6.42 Å². The number of rotatable bonds is 4. The van der Waals surface area contributed by atoms with Gasteiger partial charge in [0.25, 0.3) is 0 Å². The van der Waals surface area contributed by atoms with E-state index in [4.69, 9.17) is 10.5 Å². The quantitative estimate of drug-likeness (QED) is 0.870. The summed E-state index contributed by atoms with van der Waals surface area (Å²) in [6.07, 6.45) is 5.66. The molecule has 2 aliphatic carbocycles. The van der Waals surface area contributed by atoms with Crippen molar-refractivity contribution in [3.8, 4) is 5.75 Å². The van der Waals surface area contributed by atoms with Gasteiger partial charge in [0, 0.05) is 11.6 Å². The number of hydrogen-bond acceptors (Lipinski definition) is 2. The van der Waals surface area contributed by atoms with Gasteiger partial charge in [0.15, 0.2) is 0 Å². The Hall–Kier alpha value is -1.09. The van der Waals surface area contributed by atoms with Crippen LogP contribution in [-0.2, 0) is 5.54 Å². The van der Waals surface area contributed by atoms with Gasteiger partial charge in [0.2, 0.25) is 0 Å². The lowest BCUT2D eigenvalue weighted by atomic mass is 9.86. The van der Waals surface area contributed by atoms with E-state index in [1.807, 2.05) is 6.07 Å². The first kappa shape index (κ1) is 11.0. The van der Waals surface area contributed by atoms with E-state index in [9.17, 15) is 4.39 Å². The summed E-state index contributed by atoms with van der Waals surface area (Å²) in [6, 6.07) is 4.88. The third kappa shape index (κ3) is 2.29. The minimum absolute atomic E-state index is 0.247. The third-order valence-corrected chi connectivity index (χ3v) is 3.95. The molecule has 2 N–H and O–H groups in total. The molecular formula is C14H18FNO. The zero-order valence-electron chi connectivity index (χ0n) is 9.92. The van der Waals surface area contributed by atoms with E-state index < -0.39 is 0 Å². The van der Waals surface area contributed by atoms with Crippen LogP contribution in [0.25, 0.3) is 0 Å². The topological polar surface area (TPSA) is 35.2 Å². The van der Waals surface area contributed by atoms with E-state index in [0.29, 0.717) is 18.3 Å². The maximum absolute atomic E-state index is 13.5. The summed E-state index contributed by atoms with van der Waals surface area (Å²) in [5.41, 5.74) is 6.66. The van der Waals surface area contributed by atoms with Crippen molar-refractivity contribution in [2.24, 2.45) is 11.7 Å². The molecule has 0 atom stereocenters. The second kappa shape index (κ2) is 3.98. The van der Waals surface area contributed by atoms with Crippen molar-refractivity contribution in [1.29, 1.82) is 0 Å². The molecule has 0 aliphatic heterocycles. The van der Waals surface area contributed by atoms with Crippen molar-refractivity contribution < 1.29 is 9.13 Å². The lowest BCUT2D eigenvalue weighted by Crippen LogP contribution is -2.21. The van der Waals surface area contributed by atoms with E-state index >= 15 is 0 Å². The van der Waals surface area contributed by atoms with Crippen molar-refractivity contribution in [3.05, 3.63) is 29.6 Å². The SMILES string of the molecule is NC1(c2cc(F)cc(OCC3CCC3)c2)CC1. The predicted octanol–water partition coefficient (Wildman–Crippen LogP) is 2.95. The van der Waals surface area contributed by atoms with Gasteiger partial charge >= 0.3 is 0 Å². The number of hydrogen-bond donors (Lipinski definition) is 1. The zero-order valence-corrected chi connectivity index (χ0v) is 9.92. The van der Waals surface area contributed by atoms with Crippen molar-refractivity contribution in [2.45, 2.75) is 37.6 Å². The van der Waals surface area contributed by atoms with Crippen molar-refractivity contribution in [1.82, 2.24) is 0 Å². The summed E-state index contributed by atoms with van der Waals surface area (Å²) >= 11 is 0. The molecule has 2 saturated carbocycles. The van der Waals surface area contributed by atoms with Crippen LogP contribution in [0.3, 0.4) is 0 Å². The van der Waals surface area contributed by atoms with Crippen LogP contribution in [0, 0.1) is 11.7 Å². The molecule has 0 aromatic heterocycles. The smallest absolute Gasteiger partial charge is 0.127 e. The highest BCUT2D eigenvalue weighted by molar-refractivity contribution is 5.37. The normalized spacial score (nSPS) is 22.0. The fourth-order valence-electron chi connectivity index (χ4n) is 2.23. The Morgan fingerprint density at radius 2 is 2.06 bits per heavy atom. The third-order valence-electron chi connectivity index (χ3n) is 3.95. The Kier molecular flexibility index (Phi) is 2.58. The Labute approximate surface area is 101 Å². The van der Waals surface area contributed by atoms with Crippen LogP contribution < -0.4 is 10.5 Å². The Morgan fingerprint density at radius 3 is 2.65 bits per heavy atom. The zero-order chi connectivity index (χ0) is 11.9. The molecule has 0 unspecified atom stereocenters. The maximum atomic E-state index is 13.5. The van der Waals surface area contributed by atoms with Crippen LogP contribution in [-0.4, -0.2) is 6.61 Å². The second-order valence-electron chi connectivity index (χ2n) is 5.44. The number of halogens is 1. The number of ether oxygens (including phenoxy) is 1. The summed E-state index contributed by atoms with van der Waals surface area (Å²) in [4.78, 5) is 0. The first-order chi connectivity index (χ1) is 8.16. The summed E-state index contributed by atoms with van der Waals surface area (Å²) in [5, 5.41) is 0. The molecule has 0 radical (unpaired) electrons. The molecule has 3 heteroatoms. The Morgan fingerprint density at radius 1 is 1.29 bits per heavy atom. The molecule has 0 saturated heterocycles. The van der Waals surface area contributed by atoms with Gasteiger partial charge in [-0.15, -0.1) is 0 Å². The molecule has 1 aromatic carbocycles. The van der Waals surface area contributed by atoms with Crippen molar-refractivity contribution in [2.75, 3.05) is 6.61 Å². The van der Waals surface area contributed by atoms with E-state index in [1.165, 1.54) is 31.4 Å². The first-order valence-corrected chi connectivity index (χ1v) is 6.38. The van der Waals surface area contributed by atoms with Gasteiger partial charge in [-0.25, -0.2) is 4.39 Å². The molecule has 3 rings (SSSR count). The molecule has 2 aliphatic rings. The van der Waals surface area contributed by atoms with Crippen LogP contribution in [0.15, 0.2) is 18.2 Å². The summed E-state index contributed by atoms with van der Waals surface area (Å²) in [5.74, 6) is 1.04. The maximum Gasteiger partial charge on any atom is 0.127 e. The highest BCUT2D eigenvalue weighted by atomic mass is 19.1. The second-order valence-corrected chi connectivity index (χ2v) is 5.44. The summed E-state index contributed by atoms with van der Waals surface area (Å²) in [6.45, 7) is 0.709. The molecule has 2 nitrogen and oxygen atoms in total. The van der Waals surface area contributed by atoms with Crippen LogP contribution in [0.5, 0.6) is 5.75 Å². The minimum atomic E-state index is -0.295. The highest BCUT2D eigenvalue weighted by Crippen LogP contribution is 2.43. The molecule has 0 spiro atoms. The molecular weight excluding hydrogens is 217 g/mol. The van der Waals surface area contributed by atoms with Gasteiger partial charge in [0.1, 0.15) is 11.6 Å². The fourth-order valence-corrected chi connectivity index (χ4v) is 2.23. The van der Waals surface area contributed by atoms with Gasteiger partial charge in [-0.2, -0.15) is 0 Å². The van der Waals surface area contributed by atoms with Gasteiger partial charge < -0.3 is 10.5 Å². The predicted molar refractivity (Wildman–Crippen MR) is 64.3 cm³/mol. The lowest BCUT2D eigenvalue weighted by molar-refractivity contribution is 0.180. The van der Waals surface area contributed by atoms with Crippen LogP contribution in [0.2, 0.25) is 0 Å². The molecule has 92 valence electrons. The molecule has 0 heterocycles. The van der Waals surface area contributed by atoms with Crippen LogP contribution in [0.1, 0.15) is 37.7 Å². The first-order valence-electron chi connectivity index (χ1n) is 6.38. The molecule has 0 bridgehead atoms. The monoisotopic (exact) mass is 235 g/mol. The van der Waals surface area contributed by atoms with Gasteiger partial charge in [-0.3, -0.25) is 0 Å². The molecule has 17 heavy (non-hydrogen) atoms. The van der Waals surface area contributed by atoms with E-state index in [0.717, 1.165) is 18.4 Å². The molecule has 1 aromatic rings. The summed E-state index contributed by atoms with van der Waals surface area (Å²) < 4.78 is 19.1. The van der Waals surface area contributed by atoms with Crippen LogP contribution >= 0.6 is 0 Å². The Bertz CT molecular complexity index is 424. The van der Waals surface area contributed by atoms with Crippen LogP contribution in [0.4, 0.5) is 4.39 Å². The largest absolute Gasteiger partial charge is 0.493 e. The minimum Gasteiger partial charge on any atom is -0.493 e. The Balaban J connectivity index is 1.72. The molecule has 2 fully saturated rings. The fraction of sp³-hybridized carbons (Fsp3) is 0.571. The van der Waals surface area contributed by atoms with Gasteiger partial charge in [-0.05, 0) is 49.3 Å². The van der Waals surface area contributed by atoms with Crippen molar-refractivity contribution in [3.63, 3.8) is 0 Å². The summed E-state index contributed by atoms with van der Waals surface area (Å²) in [7, 11) is 0. The lowest BCUT2D eigenvalue weighted by Gasteiger charge is -2.25. The average Bonchev–Trinajstić information content (AvgIpc) is 2.95. The number of nitrogens with two attached hydrogens (primary N) is 1. The standard InChI is InChI=1S/C14H18FNO/c15-12-6-11(14(16)4-5-14)7-13(8-12)17-9-10-2-1-3-10/h6-8,10H,1-5,9,16H2. The van der Waals surface area contributed by atoms with Crippen molar-refractivity contribution >= 4 is 0 Å². The average molecular weight is 235 g/mol. The van der Waals surface area contributed by atoms with E-state index in [2.05, 4.69) is 0 Å². The van der Waals surface area contributed by atoms with E-state index in [1.54, 1.807) is 0 Å². The van der Waals surface area contributed by atoms with E-state index in [-0.39, 0.29) is 11.4 Å².